The Balaban J connectivity index is 1.67. The predicted octanol–water partition coefficient (Wildman–Crippen LogP) is 3.16. The number of thioether (sulfide) groups is 1. The molecule has 158 valence electrons. The normalized spacial score (nSPS) is 23.6. The Morgan fingerprint density at radius 3 is 2.57 bits per heavy atom. The van der Waals surface area contributed by atoms with Crippen LogP contribution in [0.15, 0.2) is 47.5 Å². The van der Waals surface area contributed by atoms with Gasteiger partial charge in [0.05, 0.1) is 31.1 Å². The van der Waals surface area contributed by atoms with Crippen LogP contribution in [0, 0.1) is 13.8 Å². The van der Waals surface area contributed by atoms with Crippen LogP contribution >= 0.6 is 11.8 Å². The number of ether oxygens (including phenoxy) is 1. The number of sulfone groups is 1. The van der Waals surface area contributed by atoms with Crippen LogP contribution in [0.4, 0.5) is 5.69 Å². The Hall–Kier alpha value is -2.32. The fraction of sp³-hybridized carbons (Fsp3) is 0.364. The van der Waals surface area contributed by atoms with Crippen molar-refractivity contribution in [2.24, 2.45) is 4.99 Å². The first-order chi connectivity index (χ1) is 14.3. The van der Waals surface area contributed by atoms with Gasteiger partial charge in [0.25, 0.3) is 5.91 Å². The molecule has 2 atom stereocenters. The summed E-state index contributed by atoms with van der Waals surface area (Å²) in [6.45, 7) is 4.01. The molecule has 0 bridgehead atoms. The van der Waals surface area contributed by atoms with Crippen LogP contribution in [0.5, 0.6) is 5.75 Å². The van der Waals surface area contributed by atoms with E-state index in [2.05, 4.69) is 11.1 Å². The summed E-state index contributed by atoms with van der Waals surface area (Å²) < 4.78 is 29.8. The monoisotopic (exact) mass is 444 g/mol. The number of nitrogens with zero attached hydrogens (tertiary/aromatic N) is 2. The largest absolute Gasteiger partial charge is 0.496 e. The van der Waals surface area contributed by atoms with Crippen LogP contribution in [-0.2, 0) is 21.1 Å². The van der Waals surface area contributed by atoms with E-state index >= 15 is 0 Å². The number of anilines is 1. The van der Waals surface area contributed by atoms with E-state index in [9.17, 15) is 13.2 Å². The zero-order valence-corrected chi connectivity index (χ0v) is 18.8. The van der Waals surface area contributed by atoms with Gasteiger partial charge in [-0.2, -0.15) is 4.99 Å². The molecule has 0 unspecified atom stereocenters. The Labute approximate surface area is 181 Å². The highest BCUT2D eigenvalue weighted by atomic mass is 32.2. The summed E-state index contributed by atoms with van der Waals surface area (Å²) in [5, 5.41) is 0.457. The van der Waals surface area contributed by atoms with Crippen molar-refractivity contribution in [1.29, 1.82) is 0 Å². The lowest BCUT2D eigenvalue weighted by Gasteiger charge is -2.25. The van der Waals surface area contributed by atoms with Crippen molar-refractivity contribution in [3.63, 3.8) is 0 Å². The molecule has 30 heavy (non-hydrogen) atoms. The fourth-order valence-corrected chi connectivity index (χ4v) is 8.05. The highest BCUT2D eigenvalue weighted by molar-refractivity contribution is 8.16. The van der Waals surface area contributed by atoms with Gasteiger partial charge < -0.3 is 9.64 Å². The first kappa shape index (κ1) is 20.9. The number of hydrogen-bond acceptors (Lipinski definition) is 5. The molecule has 2 aromatic carbocycles. The zero-order valence-electron chi connectivity index (χ0n) is 17.2. The quantitative estimate of drug-likeness (QED) is 0.721. The first-order valence-electron chi connectivity index (χ1n) is 9.74. The number of fused-ring (bicyclic) bond motifs is 1. The predicted molar refractivity (Wildman–Crippen MR) is 121 cm³/mol. The standard InChI is InChI=1S/C22H24N2O4S2/c1-14-8-15(2)10-17(9-14)24-18-12-30(26,27)13-20(18)29-22(24)23-21(25)11-16-6-4-5-7-19(16)28-3/h4-10,18,20H,11-13H2,1-3H3/t18-,20+/m1/s1. The van der Waals surface area contributed by atoms with E-state index in [1.807, 2.05) is 55.1 Å². The number of carbonyl (C=O) groups excluding carboxylic acids is 1. The molecular formula is C22H24N2O4S2. The highest BCUT2D eigenvalue weighted by Crippen LogP contribution is 2.41. The molecule has 0 spiro atoms. The van der Waals surface area contributed by atoms with Gasteiger partial charge in [-0.05, 0) is 43.2 Å². The van der Waals surface area contributed by atoms with E-state index in [0.717, 1.165) is 22.4 Å². The molecule has 6 nitrogen and oxygen atoms in total. The van der Waals surface area contributed by atoms with Gasteiger partial charge >= 0.3 is 0 Å². The minimum Gasteiger partial charge on any atom is -0.496 e. The summed E-state index contributed by atoms with van der Waals surface area (Å²) >= 11 is 1.39. The van der Waals surface area contributed by atoms with E-state index in [1.165, 1.54) is 11.8 Å². The Morgan fingerprint density at radius 2 is 1.87 bits per heavy atom. The van der Waals surface area contributed by atoms with E-state index in [4.69, 9.17) is 4.74 Å². The summed E-state index contributed by atoms with van der Waals surface area (Å²) in [4.78, 5) is 19.1. The first-order valence-corrected chi connectivity index (χ1v) is 12.4. The molecule has 2 aliphatic heterocycles. The molecule has 0 aromatic heterocycles. The average molecular weight is 445 g/mol. The van der Waals surface area contributed by atoms with Crippen molar-refractivity contribution < 1.29 is 17.9 Å². The van der Waals surface area contributed by atoms with Gasteiger partial charge in [-0.1, -0.05) is 36.0 Å². The molecule has 2 fully saturated rings. The smallest absolute Gasteiger partial charge is 0.252 e. The number of hydrogen-bond donors (Lipinski definition) is 0. The number of carbonyl (C=O) groups is 1. The average Bonchev–Trinajstić information content (AvgIpc) is 3.11. The second kappa shape index (κ2) is 8.07. The molecule has 0 saturated carbocycles. The van der Waals surface area contributed by atoms with Crippen LogP contribution in [0.2, 0.25) is 0 Å². The number of aryl methyl sites for hydroxylation is 2. The third kappa shape index (κ3) is 4.25. The molecule has 2 heterocycles. The van der Waals surface area contributed by atoms with E-state index < -0.39 is 9.84 Å². The Kier molecular flexibility index (Phi) is 5.63. The third-order valence-corrected chi connectivity index (χ3v) is 8.52. The van der Waals surface area contributed by atoms with Gasteiger partial charge in [0, 0.05) is 16.5 Å². The van der Waals surface area contributed by atoms with E-state index in [0.29, 0.717) is 10.9 Å². The molecule has 2 saturated heterocycles. The van der Waals surface area contributed by atoms with Crippen molar-refractivity contribution in [2.45, 2.75) is 31.6 Å². The van der Waals surface area contributed by atoms with E-state index in [1.54, 1.807) is 7.11 Å². The molecule has 0 radical (unpaired) electrons. The summed E-state index contributed by atoms with van der Waals surface area (Å²) in [7, 11) is -1.52. The van der Waals surface area contributed by atoms with Crippen molar-refractivity contribution in [1.82, 2.24) is 0 Å². The van der Waals surface area contributed by atoms with Crippen LogP contribution in [-0.4, -0.2) is 49.4 Å². The summed E-state index contributed by atoms with van der Waals surface area (Å²) in [6, 6.07) is 13.3. The molecule has 2 aliphatic rings. The summed E-state index contributed by atoms with van der Waals surface area (Å²) in [5.74, 6) is 0.569. The minimum absolute atomic E-state index is 0.0807. The number of rotatable bonds is 4. The number of aliphatic imine (C=N–C) groups is 1. The second-order valence-corrected chi connectivity index (χ2v) is 11.2. The van der Waals surface area contributed by atoms with Gasteiger partial charge in [-0.25, -0.2) is 8.42 Å². The van der Waals surface area contributed by atoms with Crippen LogP contribution < -0.4 is 9.64 Å². The lowest BCUT2D eigenvalue weighted by Crippen LogP contribution is -2.37. The third-order valence-electron chi connectivity index (χ3n) is 5.31. The van der Waals surface area contributed by atoms with Crippen LogP contribution in [0.3, 0.4) is 0 Å². The van der Waals surface area contributed by atoms with Gasteiger partial charge in [0.15, 0.2) is 15.0 Å². The lowest BCUT2D eigenvalue weighted by atomic mass is 10.1. The number of amides is 1. The van der Waals surface area contributed by atoms with Gasteiger partial charge in [-0.15, -0.1) is 0 Å². The molecule has 8 heteroatoms. The Morgan fingerprint density at radius 1 is 1.17 bits per heavy atom. The number of methoxy groups -OCH3 is 1. The molecule has 2 aromatic rings. The van der Waals surface area contributed by atoms with Gasteiger partial charge in [-0.3, -0.25) is 4.79 Å². The minimum atomic E-state index is -3.10. The maximum absolute atomic E-state index is 12.8. The summed E-state index contributed by atoms with van der Waals surface area (Å²) in [5.41, 5.74) is 3.82. The topological polar surface area (TPSA) is 76.0 Å². The van der Waals surface area contributed by atoms with Crippen molar-refractivity contribution in [3.05, 3.63) is 59.2 Å². The maximum Gasteiger partial charge on any atom is 0.252 e. The number of amidine groups is 1. The molecule has 0 N–H and O–H groups in total. The maximum atomic E-state index is 12.8. The lowest BCUT2D eigenvalue weighted by molar-refractivity contribution is -0.117. The fourth-order valence-electron chi connectivity index (χ4n) is 4.11. The van der Waals surface area contributed by atoms with Crippen molar-refractivity contribution >= 4 is 38.4 Å². The summed E-state index contributed by atoms with van der Waals surface area (Å²) in [6.07, 6.45) is 0.127. The van der Waals surface area contributed by atoms with Gasteiger partial charge in [0.1, 0.15) is 5.75 Å². The van der Waals surface area contributed by atoms with Crippen molar-refractivity contribution in [3.8, 4) is 5.75 Å². The highest BCUT2D eigenvalue weighted by Gasteiger charge is 2.49. The molecule has 1 amide bonds. The number of para-hydroxylation sites is 1. The van der Waals surface area contributed by atoms with Crippen LogP contribution in [0.1, 0.15) is 16.7 Å². The zero-order chi connectivity index (χ0) is 21.5. The molecular weight excluding hydrogens is 420 g/mol. The molecule has 0 aliphatic carbocycles. The molecule has 4 rings (SSSR count). The van der Waals surface area contributed by atoms with Gasteiger partial charge in [0.2, 0.25) is 0 Å². The Bertz CT molecular complexity index is 1110. The second-order valence-electron chi connectivity index (χ2n) is 7.79. The number of benzene rings is 2. The van der Waals surface area contributed by atoms with Crippen molar-refractivity contribution in [2.75, 3.05) is 23.5 Å². The van der Waals surface area contributed by atoms with E-state index in [-0.39, 0.29) is 35.1 Å². The SMILES string of the molecule is COc1ccccc1CC(=O)N=C1S[C@H]2CS(=O)(=O)C[C@H]2N1c1cc(C)cc(C)c1. The van der Waals surface area contributed by atoms with Crippen LogP contribution in [0.25, 0.3) is 0 Å².